The predicted molar refractivity (Wildman–Crippen MR) is 72.7 cm³/mol. The molecule has 0 bridgehead atoms. The number of rotatable bonds is 5. The van der Waals surface area contributed by atoms with E-state index in [2.05, 4.69) is 20.4 Å². The summed E-state index contributed by atoms with van der Waals surface area (Å²) in [7, 11) is 3.47. The van der Waals surface area contributed by atoms with Gasteiger partial charge < -0.3 is 15.1 Å². The van der Waals surface area contributed by atoms with Crippen molar-refractivity contribution in [2.45, 2.75) is 6.54 Å². The second-order valence-electron chi connectivity index (χ2n) is 3.94. The minimum absolute atomic E-state index is 0.450. The Kier molecular flexibility index (Phi) is 4.09. The van der Waals surface area contributed by atoms with Crippen LogP contribution < -0.4 is 20.9 Å². The summed E-state index contributed by atoms with van der Waals surface area (Å²) in [6.07, 6.45) is 4.99. The standard InChI is InChI=1S/C12H16N6O/c1-18(7-9-4-3-5-14-6-9)12-10(19-2)11(17-13)15-8-16-12/h3-6,8H,7,13H2,1-2H3,(H,15,16,17). The van der Waals surface area contributed by atoms with Crippen LogP contribution in [0.1, 0.15) is 5.56 Å². The van der Waals surface area contributed by atoms with E-state index in [9.17, 15) is 0 Å². The van der Waals surface area contributed by atoms with Crippen molar-refractivity contribution in [2.24, 2.45) is 5.84 Å². The van der Waals surface area contributed by atoms with Crippen LogP contribution in [0.4, 0.5) is 11.6 Å². The van der Waals surface area contributed by atoms with Crippen LogP contribution in [0.2, 0.25) is 0 Å². The van der Waals surface area contributed by atoms with Crippen molar-refractivity contribution in [2.75, 3.05) is 24.5 Å². The third kappa shape index (κ3) is 2.89. The molecule has 0 saturated carbocycles. The molecule has 0 radical (unpaired) electrons. The van der Waals surface area contributed by atoms with Crippen LogP contribution >= 0.6 is 0 Å². The molecule has 0 atom stereocenters. The number of nitrogens with one attached hydrogen (secondary N) is 1. The first-order valence-electron chi connectivity index (χ1n) is 5.72. The molecular formula is C12H16N6O. The summed E-state index contributed by atoms with van der Waals surface area (Å²) in [5, 5.41) is 0. The van der Waals surface area contributed by atoms with Gasteiger partial charge in [0, 0.05) is 26.0 Å². The molecule has 2 heterocycles. The highest BCUT2D eigenvalue weighted by Gasteiger charge is 2.15. The smallest absolute Gasteiger partial charge is 0.205 e. The third-order valence-corrected chi connectivity index (χ3v) is 2.63. The van der Waals surface area contributed by atoms with E-state index in [-0.39, 0.29) is 0 Å². The monoisotopic (exact) mass is 260 g/mol. The molecule has 0 fully saturated rings. The van der Waals surface area contributed by atoms with Crippen molar-refractivity contribution in [1.82, 2.24) is 15.0 Å². The van der Waals surface area contributed by atoms with Crippen molar-refractivity contribution in [3.63, 3.8) is 0 Å². The summed E-state index contributed by atoms with van der Waals surface area (Å²) in [5.74, 6) is 7.02. The number of methoxy groups -OCH3 is 1. The normalized spacial score (nSPS) is 10.1. The van der Waals surface area contributed by atoms with E-state index < -0.39 is 0 Å². The molecule has 2 aromatic rings. The number of ether oxygens (including phenoxy) is 1. The lowest BCUT2D eigenvalue weighted by molar-refractivity contribution is 0.412. The summed E-state index contributed by atoms with van der Waals surface area (Å²) in [5.41, 5.74) is 3.57. The van der Waals surface area contributed by atoms with E-state index in [4.69, 9.17) is 10.6 Å². The van der Waals surface area contributed by atoms with Gasteiger partial charge in [-0.05, 0) is 11.6 Å². The zero-order valence-electron chi connectivity index (χ0n) is 10.9. The van der Waals surface area contributed by atoms with Gasteiger partial charge in [-0.25, -0.2) is 15.8 Å². The average Bonchev–Trinajstić information content (AvgIpc) is 2.47. The highest BCUT2D eigenvalue weighted by molar-refractivity contribution is 5.64. The highest BCUT2D eigenvalue weighted by atomic mass is 16.5. The lowest BCUT2D eigenvalue weighted by Crippen LogP contribution is -2.20. The number of nitrogens with two attached hydrogens (primary N) is 1. The van der Waals surface area contributed by atoms with Crippen molar-refractivity contribution in [3.05, 3.63) is 36.4 Å². The van der Waals surface area contributed by atoms with Crippen molar-refractivity contribution in [1.29, 1.82) is 0 Å². The second-order valence-corrected chi connectivity index (χ2v) is 3.94. The van der Waals surface area contributed by atoms with E-state index in [0.29, 0.717) is 23.9 Å². The van der Waals surface area contributed by atoms with Crippen LogP contribution in [0.15, 0.2) is 30.9 Å². The van der Waals surface area contributed by atoms with Gasteiger partial charge in [0.05, 0.1) is 7.11 Å². The molecule has 0 unspecified atom stereocenters. The van der Waals surface area contributed by atoms with Crippen molar-refractivity contribution in [3.8, 4) is 5.75 Å². The zero-order valence-corrected chi connectivity index (χ0v) is 10.9. The molecule has 0 amide bonds. The Morgan fingerprint density at radius 2 is 2.26 bits per heavy atom. The zero-order chi connectivity index (χ0) is 13.7. The maximum Gasteiger partial charge on any atom is 0.205 e. The Morgan fingerprint density at radius 3 is 2.89 bits per heavy atom. The number of hydrazine groups is 1. The molecule has 0 aliphatic rings. The maximum absolute atomic E-state index is 5.40. The molecule has 7 nitrogen and oxygen atoms in total. The van der Waals surface area contributed by atoms with Gasteiger partial charge in [-0.1, -0.05) is 6.07 Å². The molecule has 0 spiro atoms. The fourth-order valence-electron chi connectivity index (χ4n) is 1.77. The van der Waals surface area contributed by atoms with Gasteiger partial charge in [-0.15, -0.1) is 0 Å². The molecule has 7 heteroatoms. The van der Waals surface area contributed by atoms with Gasteiger partial charge in [0.2, 0.25) is 5.75 Å². The maximum atomic E-state index is 5.40. The van der Waals surface area contributed by atoms with E-state index in [1.165, 1.54) is 6.33 Å². The quantitative estimate of drug-likeness (QED) is 0.607. The van der Waals surface area contributed by atoms with Gasteiger partial charge in [0.1, 0.15) is 6.33 Å². The molecule has 100 valence electrons. The minimum atomic E-state index is 0.450. The molecule has 2 aromatic heterocycles. The van der Waals surface area contributed by atoms with Crippen LogP contribution in [0.5, 0.6) is 5.75 Å². The lowest BCUT2D eigenvalue weighted by Gasteiger charge is -2.21. The van der Waals surface area contributed by atoms with Crippen LogP contribution in [0.25, 0.3) is 0 Å². The van der Waals surface area contributed by atoms with E-state index in [1.807, 2.05) is 30.3 Å². The fourth-order valence-corrected chi connectivity index (χ4v) is 1.77. The number of hydrogen-bond donors (Lipinski definition) is 2. The van der Waals surface area contributed by atoms with E-state index in [0.717, 1.165) is 5.56 Å². The molecule has 0 aliphatic heterocycles. The summed E-state index contributed by atoms with van der Waals surface area (Å²) in [6, 6.07) is 3.90. The summed E-state index contributed by atoms with van der Waals surface area (Å²) < 4.78 is 5.30. The molecule has 0 aromatic carbocycles. The Morgan fingerprint density at radius 1 is 1.42 bits per heavy atom. The number of anilines is 2. The van der Waals surface area contributed by atoms with Crippen LogP contribution in [0.3, 0.4) is 0 Å². The Labute approximate surface area is 111 Å². The minimum Gasteiger partial charge on any atom is -0.490 e. The number of pyridine rings is 1. The third-order valence-electron chi connectivity index (χ3n) is 2.63. The fraction of sp³-hybridized carbons (Fsp3) is 0.250. The molecular weight excluding hydrogens is 244 g/mol. The molecule has 0 aliphatic carbocycles. The van der Waals surface area contributed by atoms with Crippen LogP contribution in [0, 0.1) is 0 Å². The summed E-state index contributed by atoms with van der Waals surface area (Å²) in [6.45, 7) is 0.658. The van der Waals surface area contributed by atoms with Gasteiger partial charge in [0.25, 0.3) is 0 Å². The molecule has 3 N–H and O–H groups in total. The Hall–Kier alpha value is -2.41. The van der Waals surface area contributed by atoms with Gasteiger partial charge in [-0.3, -0.25) is 4.98 Å². The summed E-state index contributed by atoms with van der Waals surface area (Å²) in [4.78, 5) is 14.3. The van der Waals surface area contributed by atoms with E-state index >= 15 is 0 Å². The first kappa shape index (κ1) is 13.0. The first-order valence-corrected chi connectivity index (χ1v) is 5.72. The molecule has 0 saturated heterocycles. The topological polar surface area (TPSA) is 89.2 Å². The largest absolute Gasteiger partial charge is 0.490 e. The number of hydrogen-bond acceptors (Lipinski definition) is 7. The highest BCUT2D eigenvalue weighted by Crippen LogP contribution is 2.31. The van der Waals surface area contributed by atoms with Gasteiger partial charge in [0.15, 0.2) is 11.6 Å². The van der Waals surface area contributed by atoms with Gasteiger partial charge in [-0.2, -0.15) is 0 Å². The lowest BCUT2D eigenvalue weighted by atomic mass is 10.2. The SMILES string of the molecule is COc1c(NN)ncnc1N(C)Cc1cccnc1. The Bertz CT molecular complexity index is 533. The number of aromatic nitrogens is 3. The van der Waals surface area contributed by atoms with Crippen LogP contribution in [-0.4, -0.2) is 29.1 Å². The van der Waals surface area contributed by atoms with Crippen LogP contribution in [-0.2, 0) is 6.54 Å². The van der Waals surface area contributed by atoms with Gasteiger partial charge >= 0.3 is 0 Å². The Balaban J connectivity index is 2.26. The van der Waals surface area contributed by atoms with Crippen molar-refractivity contribution < 1.29 is 4.74 Å². The number of nitrogen functional groups attached to an aromatic ring is 1. The predicted octanol–water partition coefficient (Wildman–Crippen LogP) is 0.802. The first-order chi connectivity index (χ1) is 9.26. The average molecular weight is 260 g/mol. The molecule has 2 rings (SSSR count). The number of nitrogens with zero attached hydrogens (tertiary/aromatic N) is 4. The second kappa shape index (κ2) is 5.96. The van der Waals surface area contributed by atoms with Crippen molar-refractivity contribution >= 4 is 11.6 Å². The molecule has 19 heavy (non-hydrogen) atoms. The van der Waals surface area contributed by atoms with E-state index in [1.54, 1.807) is 13.3 Å². The summed E-state index contributed by atoms with van der Waals surface area (Å²) >= 11 is 0.